The average Bonchev–Trinajstić information content (AvgIpc) is 2.67. The predicted octanol–water partition coefficient (Wildman–Crippen LogP) is 4.21. The molecular weight excluding hydrogens is 474 g/mol. The van der Waals surface area contributed by atoms with Crippen molar-refractivity contribution >= 4 is 33.3 Å². The van der Waals surface area contributed by atoms with Gasteiger partial charge in [-0.1, -0.05) is 29.8 Å². The molecule has 1 unspecified atom stereocenters. The van der Waals surface area contributed by atoms with E-state index in [0.29, 0.717) is 0 Å². The van der Waals surface area contributed by atoms with Crippen molar-refractivity contribution in [3.05, 3.63) is 63.2 Å². The van der Waals surface area contributed by atoms with Gasteiger partial charge in [-0.25, -0.2) is 13.1 Å². The number of nitro benzene ring substituents is 1. The number of para-hydroxylation sites is 1. The molecule has 13 heteroatoms. The third kappa shape index (κ3) is 6.84. The van der Waals surface area contributed by atoms with E-state index in [2.05, 4.69) is 9.46 Å². The number of rotatable bonds is 10. The van der Waals surface area contributed by atoms with Gasteiger partial charge in [0.05, 0.1) is 33.4 Å². The zero-order valence-electron chi connectivity index (χ0n) is 16.8. The molecule has 2 aromatic carbocycles. The summed E-state index contributed by atoms with van der Waals surface area (Å²) in [5.41, 5.74) is -0.471. The molecule has 32 heavy (non-hydrogen) atoms. The quantitative estimate of drug-likeness (QED) is 0.299. The Kier molecular flexibility index (Phi) is 8.47. The van der Waals surface area contributed by atoms with Crippen molar-refractivity contribution in [2.45, 2.75) is 43.9 Å². The highest BCUT2D eigenvalue weighted by molar-refractivity contribution is 7.89. The Bertz CT molecular complexity index is 1100. The van der Waals surface area contributed by atoms with Gasteiger partial charge in [-0.05, 0) is 32.0 Å². The number of sulfonamides is 1. The molecule has 0 radical (unpaired) electrons. The predicted molar refractivity (Wildman–Crippen MR) is 110 cm³/mol. The molecule has 0 bridgehead atoms. The van der Waals surface area contributed by atoms with Crippen molar-refractivity contribution in [3.63, 3.8) is 0 Å². The Labute approximate surface area is 187 Å². The van der Waals surface area contributed by atoms with Crippen LogP contribution in [0.3, 0.4) is 0 Å². The Balaban J connectivity index is 2.43. The van der Waals surface area contributed by atoms with Crippen molar-refractivity contribution < 1.29 is 36.4 Å². The number of alkyl halides is 2. The molecule has 0 amide bonds. The van der Waals surface area contributed by atoms with E-state index in [0.717, 1.165) is 24.3 Å². The molecule has 0 fully saturated rings. The lowest BCUT2D eigenvalue weighted by atomic mass is 10.0. The fourth-order valence-electron chi connectivity index (χ4n) is 2.74. The number of ether oxygens (including phenoxy) is 2. The third-order valence-corrected chi connectivity index (χ3v) is 5.74. The lowest BCUT2D eigenvalue weighted by Gasteiger charge is -2.20. The molecule has 0 heterocycles. The van der Waals surface area contributed by atoms with Crippen LogP contribution in [0.5, 0.6) is 5.75 Å². The number of carbonyl (C=O) groups is 1. The summed E-state index contributed by atoms with van der Waals surface area (Å²) in [7, 11) is -4.40. The first-order valence-corrected chi connectivity index (χ1v) is 11.0. The summed E-state index contributed by atoms with van der Waals surface area (Å²) in [5.74, 6) is -1.22. The normalized spacial score (nSPS) is 12.6. The number of esters is 1. The van der Waals surface area contributed by atoms with Crippen LogP contribution in [0.25, 0.3) is 0 Å². The summed E-state index contributed by atoms with van der Waals surface area (Å²) in [5, 5.41) is 11.0. The zero-order chi connectivity index (χ0) is 24.1. The molecule has 0 spiro atoms. The largest absolute Gasteiger partial charge is 0.463 e. The van der Waals surface area contributed by atoms with Gasteiger partial charge in [0.2, 0.25) is 10.0 Å². The summed E-state index contributed by atoms with van der Waals surface area (Å²) < 4.78 is 62.1. The van der Waals surface area contributed by atoms with Gasteiger partial charge in [0, 0.05) is 11.6 Å². The van der Waals surface area contributed by atoms with Crippen LogP contribution in [-0.4, -0.2) is 32.0 Å². The van der Waals surface area contributed by atoms with Crippen LogP contribution in [0.15, 0.2) is 47.4 Å². The van der Waals surface area contributed by atoms with E-state index in [4.69, 9.17) is 16.3 Å². The van der Waals surface area contributed by atoms with Crippen molar-refractivity contribution in [2.75, 3.05) is 0 Å². The van der Waals surface area contributed by atoms with Gasteiger partial charge < -0.3 is 9.47 Å². The van der Waals surface area contributed by atoms with Crippen molar-refractivity contribution in [2.24, 2.45) is 0 Å². The SMILES string of the molecule is CC(C)OC(=O)CC(NS(=O)(=O)c1ccc(OC(F)F)c(Cl)c1)c1ccccc1[N+](=O)[O-]. The molecule has 174 valence electrons. The van der Waals surface area contributed by atoms with Gasteiger partial charge in [-0.15, -0.1) is 0 Å². The molecular formula is C19H19ClF2N2O7S. The molecule has 2 rings (SSSR count). The van der Waals surface area contributed by atoms with Gasteiger partial charge in [0.25, 0.3) is 5.69 Å². The molecule has 0 saturated heterocycles. The number of hydrogen-bond donors (Lipinski definition) is 1. The lowest BCUT2D eigenvalue weighted by Crippen LogP contribution is -2.31. The van der Waals surface area contributed by atoms with Gasteiger partial charge >= 0.3 is 12.6 Å². The maximum Gasteiger partial charge on any atom is 0.387 e. The van der Waals surface area contributed by atoms with E-state index in [-0.39, 0.29) is 5.56 Å². The molecule has 0 aliphatic rings. The summed E-state index contributed by atoms with van der Waals surface area (Å²) in [6.45, 7) is 0.0169. The highest BCUT2D eigenvalue weighted by atomic mass is 35.5. The number of nitro groups is 1. The lowest BCUT2D eigenvalue weighted by molar-refractivity contribution is -0.385. The topological polar surface area (TPSA) is 125 Å². The van der Waals surface area contributed by atoms with Crippen molar-refractivity contribution in [1.82, 2.24) is 4.72 Å². The minimum Gasteiger partial charge on any atom is -0.463 e. The monoisotopic (exact) mass is 492 g/mol. The molecule has 0 aliphatic heterocycles. The number of halogens is 3. The Morgan fingerprint density at radius 1 is 1.22 bits per heavy atom. The standard InChI is InChI=1S/C19H19ClF2N2O7S/c1-11(2)30-18(25)10-15(13-5-3-4-6-16(13)24(26)27)23-32(28,29)12-7-8-17(14(20)9-12)31-19(21)22/h3-9,11,15,19,23H,10H2,1-2H3. The van der Waals surface area contributed by atoms with Gasteiger partial charge in [0.1, 0.15) is 5.75 Å². The Hall–Kier alpha value is -2.83. The minimum atomic E-state index is -4.40. The highest BCUT2D eigenvalue weighted by Crippen LogP contribution is 2.32. The van der Waals surface area contributed by atoms with E-state index in [1.165, 1.54) is 18.2 Å². The smallest absolute Gasteiger partial charge is 0.387 e. The van der Waals surface area contributed by atoms with Crippen LogP contribution in [0, 0.1) is 10.1 Å². The minimum absolute atomic E-state index is 0.0643. The first-order chi connectivity index (χ1) is 14.9. The Morgan fingerprint density at radius 2 is 1.88 bits per heavy atom. The second-order valence-electron chi connectivity index (χ2n) is 6.70. The zero-order valence-corrected chi connectivity index (χ0v) is 18.4. The van der Waals surface area contributed by atoms with E-state index in [1.807, 2.05) is 0 Å². The van der Waals surface area contributed by atoms with Crippen molar-refractivity contribution in [3.8, 4) is 5.75 Å². The Morgan fingerprint density at radius 3 is 2.44 bits per heavy atom. The first kappa shape index (κ1) is 25.4. The van der Waals surface area contributed by atoms with Gasteiger partial charge in [-0.2, -0.15) is 8.78 Å². The second kappa shape index (κ2) is 10.7. The van der Waals surface area contributed by atoms with Crippen LogP contribution in [0.1, 0.15) is 31.9 Å². The maximum atomic E-state index is 12.9. The number of benzene rings is 2. The number of nitrogens with one attached hydrogen (secondary N) is 1. The molecule has 1 atom stereocenters. The molecule has 0 aliphatic carbocycles. The average molecular weight is 493 g/mol. The second-order valence-corrected chi connectivity index (χ2v) is 8.82. The number of nitrogens with zero attached hydrogens (tertiary/aromatic N) is 1. The fourth-order valence-corrected chi connectivity index (χ4v) is 4.27. The molecule has 0 aromatic heterocycles. The van der Waals surface area contributed by atoms with E-state index in [9.17, 15) is 32.1 Å². The fraction of sp³-hybridized carbons (Fsp3) is 0.316. The van der Waals surface area contributed by atoms with Gasteiger partial charge in [0.15, 0.2) is 0 Å². The van der Waals surface area contributed by atoms with Crippen LogP contribution in [-0.2, 0) is 19.6 Å². The number of hydrogen-bond acceptors (Lipinski definition) is 7. The summed E-state index contributed by atoms with van der Waals surface area (Å²) in [4.78, 5) is 22.5. The highest BCUT2D eigenvalue weighted by Gasteiger charge is 2.30. The van der Waals surface area contributed by atoms with Crippen molar-refractivity contribution in [1.29, 1.82) is 0 Å². The molecule has 9 nitrogen and oxygen atoms in total. The maximum absolute atomic E-state index is 12.9. The molecule has 2 aromatic rings. The molecule has 0 saturated carbocycles. The summed E-state index contributed by atoms with van der Waals surface area (Å²) in [6, 6.07) is 6.74. The molecule has 1 N–H and O–H groups in total. The van der Waals surface area contributed by atoms with Crippen LogP contribution < -0.4 is 9.46 Å². The van der Waals surface area contributed by atoms with Crippen LogP contribution in [0.4, 0.5) is 14.5 Å². The van der Waals surface area contributed by atoms with E-state index >= 15 is 0 Å². The van der Waals surface area contributed by atoms with Crippen LogP contribution in [0.2, 0.25) is 5.02 Å². The van der Waals surface area contributed by atoms with E-state index < -0.39 is 67.4 Å². The van der Waals surface area contributed by atoms with Crippen LogP contribution >= 0.6 is 11.6 Å². The third-order valence-electron chi connectivity index (χ3n) is 3.97. The van der Waals surface area contributed by atoms with Gasteiger partial charge in [-0.3, -0.25) is 14.9 Å². The number of carbonyl (C=O) groups excluding carboxylic acids is 1. The summed E-state index contributed by atoms with van der Waals surface area (Å²) in [6.07, 6.45) is -1.03. The first-order valence-electron chi connectivity index (χ1n) is 9.10. The van der Waals surface area contributed by atoms with E-state index in [1.54, 1.807) is 13.8 Å². The summed E-state index contributed by atoms with van der Waals surface area (Å²) >= 11 is 5.83.